The van der Waals surface area contributed by atoms with Crippen molar-refractivity contribution >= 4 is 21.9 Å². The first kappa shape index (κ1) is 23.5. The van der Waals surface area contributed by atoms with Crippen LogP contribution in [0.4, 0.5) is 17.6 Å². The van der Waals surface area contributed by atoms with Crippen molar-refractivity contribution in [1.29, 1.82) is 0 Å². The molecule has 0 saturated carbocycles. The van der Waals surface area contributed by atoms with Gasteiger partial charge in [-0.05, 0) is 42.3 Å². The second-order valence-electron chi connectivity index (χ2n) is 7.10. The third-order valence-electron chi connectivity index (χ3n) is 5.07. The number of alkyl halides is 3. The van der Waals surface area contributed by atoms with E-state index in [0.717, 1.165) is 29.3 Å². The van der Waals surface area contributed by atoms with Crippen LogP contribution < -0.4 is 5.32 Å². The Morgan fingerprint density at radius 1 is 1.22 bits per heavy atom. The quantitative estimate of drug-likeness (QED) is 0.307. The Labute approximate surface area is 190 Å². The minimum atomic E-state index is -4.89. The molecule has 4 nitrogen and oxygen atoms in total. The molecule has 0 bridgehead atoms. The van der Waals surface area contributed by atoms with E-state index in [4.69, 9.17) is 11.3 Å². The van der Waals surface area contributed by atoms with Gasteiger partial charge >= 0.3 is 12.1 Å². The average Bonchev–Trinajstić information content (AvgIpc) is 2.74. The van der Waals surface area contributed by atoms with Crippen molar-refractivity contribution in [2.75, 3.05) is 7.11 Å². The molecule has 0 radical (unpaired) electrons. The zero-order chi connectivity index (χ0) is 23.6. The molecule has 9 heteroatoms. The van der Waals surface area contributed by atoms with Crippen molar-refractivity contribution in [3.8, 4) is 0 Å². The Kier molecular flexibility index (Phi) is 6.74. The number of dihydropyridines is 1. The summed E-state index contributed by atoms with van der Waals surface area (Å²) in [5.41, 5.74) is -0.429. The molecule has 1 atom stereocenters. The van der Waals surface area contributed by atoms with Crippen molar-refractivity contribution in [3.63, 3.8) is 0 Å². The fourth-order valence-corrected chi connectivity index (χ4v) is 3.93. The van der Waals surface area contributed by atoms with Gasteiger partial charge in [0.15, 0.2) is 5.70 Å². The van der Waals surface area contributed by atoms with Crippen LogP contribution in [0.5, 0.6) is 0 Å². The van der Waals surface area contributed by atoms with Crippen LogP contribution >= 0.6 is 15.9 Å². The lowest BCUT2D eigenvalue weighted by Gasteiger charge is -2.31. The molecule has 32 heavy (non-hydrogen) atoms. The highest BCUT2D eigenvalue weighted by molar-refractivity contribution is 9.10. The Morgan fingerprint density at radius 3 is 2.44 bits per heavy atom. The predicted molar refractivity (Wildman–Crippen MR) is 113 cm³/mol. The van der Waals surface area contributed by atoms with Crippen LogP contribution in [0.2, 0.25) is 0 Å². The minimum Gasteiger partial charge on any atom is -0.466 e. The normalized spacial score (nSPS) is 16.5. The summed E-state index contributed by atoms with van der Waals surface area (Å²) in [6.45, 7) is 9.25. The molecule has 0 saturated heterocycles. The van der Waals surface area contributed by atoms with Crippen molar-refractivity contribution < 1.29 is 27.1 Å². The van der Waals surface area contributed by atoms with E-state index < -0.39 is 29.4 Å². The van der Waals surface area contributed by atoms with Crippen LogP contribution in [-0.2, 0) is 22.1 Å². The molecule has 0 spiro atoms. The number of hydrogen-bond acceptors (Lipinski definition) is 3. The lowest BCUT2D eigenvalue weighted by Crippen LogP contribution is -2.30. The van der Waals surface area contributed by atoms with E-state index in [9.17, 15) is 22.4 Å². The van der Waals surface area contributed by atoms with Crippen LogP contribution in [-0.4, -0.2) is 13.1 Å². The van der Waals surface area contributed by atoms with E-state index in [0.29, 0.717) is 11.8 Å². The highest BCUT2D eigenvalue weighted by Gasteiger charge is 2.42. The van der Waals surface area contributed by atoms with Gasteiger partial charge in [-0.3, -0.25) is 0 Å². The number of allylic oxidation sites excluding steroid dienone is 3. The summed E-state index contributed by atoms with van der Waals surface area (Å²) >= 11 is 3.34. The summed E-state index contributed by atoms with van der Waals surface area (Å²) in [5, 5.41) is 2.99. The van der Waals surface area contributed by atoms with Crippen molar-refractivity contribution in [2.45, 2.75) is 25.4 Å². The highest BCUT2D eigenvalue weighted by Crippen LogP contribution is 2.45. The molecular weight excluding hydrogens is 492 g/mol. The summed E-state index contributed by atoms with van der Waals surface area (Å²) in [7, 11) is 1.10. The first-order valence-electron chi connectivity index (χ1n) is 9.34. The Hall–Kier alpha value is -3.12. The van der Waals surface area contributed by atoms with Crippen LogP contribution in [0.15, 0.2) is 69.6 Å². The summed E-state index contributed by atoms with van der Waals surface area (Å²) < 4.78 is 60.7. The summed E-state index contributed by atoms with van der Waals surface area (Å²) in [6, 6.07) is 9.44. The monoisotopic (exact) mass is 508 g/mol. The van der Waals surface area contributed by atoms with Gasteiger partial charge in [0.05, 0.1) is 30.7 Å². The molecule has 1 heterocycles. The number of halogens is 5. The molecular formula is C23H17BrF4N2O2. The van der Waals surface area contributed by atoms with Crippen LogP contribution in [0.25, 0.3) is 4.85 Å². The van der Waals surface area contributed by atoms with Gasteiger partial charge in [-0.1, -0.05) is 34.1 Å². The molecule has 166 valence electrons. The number of nitrogens with zero attached hydrogens (tertiary/aromatic N) is 1. The fraction of sp³-hybridized carbons (Fsp3) is 0.217. The second kappa shape index (κ2) is 9.17. The van der Waals surface area contributed by atoms with Gasteiger partial charge in [0.25, 0.3) is 0 Å². The molecule has 1 aliphatic heterocycles. The topological polar surface area (TPSA) is 42.7 Å². The molecule has 2 aromatic carbocycles. The maximum Gasteiger partial charge on any atom is 0.416 e. The minimum absolute atomic E-state index is 0.0870. The van der Waals surface area contributed by atoms with Gasteiger partial charge in [0.2, 0.25) is 0 Å². The molecule has 0 aromatic heterocycles. The van der Waals surface area contributed by atoms with Gasteiger partial charge < -0.3 is 10.1 Å². The zero-order valence-corrected chi connectivity index (χ0v) is 18.6. The Morgan fingerprint density at radius 2 is 1.88 bits per heavy atom. The van der Waals surface area contributed by atoms with E-state index in [2.05, 4.69) is 26.1 Å². The molecule has 1 unspecified atom stereocenters. The SMILES string of the molecule is [C-]#[N+]C1=C(Cc2ccc(Br)cc2)NC(C)=C(C(=O)OC)C1c1ccc(F)cc1C(F)(F)F. The van der Waals surface area contributed by atoms with E-state index in [1.165, 1.54) is 6.92 Å². The van der Waals surface area contributed by atoms with E-state index in [1.807, 2.05) is 12.1 Å². The van der Waals surface area contributed by atoms with Crippen molar-refractivity contribution in [2.24, 2.45) is 0 Å². The number of ether oxygens (including phenoxy) is 1. The summed E-state index contributed by atoms with van der Waals surface area (Å²) in [5.74, 6) is -3.32. The molecule has 0 amide bonds. The maximum absolute atomic E-state index is 13.8. The van der Waals surface area contributed by atoms with Crippen LogP contribution in [0, 0.1) is 12.4 Å². The summed E-state index contributed by atoms with van der Waals surface area (Å²) in [4.78, 5) is 16.0. The molecule has 1 N–H and O–H groups in total. The number of hydrogen-bond donors (Lipinski definition) is 1. The number of carbonyl (C=O) groups excluding carboxylic acids is 1. The Balaban J connectivity index is 2.25. The lowest BCUT2D eigenvalue weighted by molar-refractivity contribution is -0.139. The maximum atomic E-state index is 13.8. The fourth-order valence-electron chi connectivity index (χ4n) is 3.67. The van der Waals surface area contributed by atoms with E-state index >= 15 is 0 Å². The number of esters is 1. The zero-order valence-electron chi connectivity index (χ0n) is 17.0. The van der Waals surface area contributed by atoms with Gasteiger partial charge in [-0.15, -0.1) is 0 Å². The third-order valence-corrected chi connectivity index (χ3v) is 5.59. The van der Waals surface area contributed by atoms with E-state index in [-0.39, 0.29) is 29.0 Å². The number of carbonyl (C=O) groups is 1. The molecule has 3 rings (SSSR count). The lowest BCUT2D eigenvalue weighted by atomic mass is 9.81. The molecule has 0 fully saturated rings. The molecule has 2 aromatic rings. The number of rotatable bonds is 4. The second-order valence-corrected chi connectivity index (χ2v) is 8.01. The van der Waals surface area contributed by atoms with Crippen molar-refractivity contribution in [1.82, 2.24) is 5.32 Å². The molecule has 0 aliphatic carbocycles. The highest BCUT2D eigenvalue weighted by atomic mass is 79.9. The average molecular weight is 509 g/mol. The van der Waals surface area contributed by atoms with Crippen molar-refractivity contribution in [3.05, 3.63) is 104 Å². The number of benzene rings is 2. The standard InChI is InChI=1S/C23H17BrF4N2O2/c1-12-19(22(31)32-3)20(16-9-8-15(25)11-17(16)23(26,27)28)21(29-2)18(30-12)10-13-4-6-14(24)7-5-13/h4-9,11,20,30H,10H2,1,3H3. The largest absolute Gasteiger partial charge is 0.466 e. The first-order valence-corrected chi connectivity index (χ1v) is 10.1. The smallest absolute Gasteiger partial charge is 0.416 e. The van der Waals surface area contributed by atoms with Gasteiger partial charge in [0, 0.05) is 22.3 Å². The van der Waals surface area contributed by atoms with Gasteiger partial charge in [0.1, 0.15) is 5.82 Å². The van der Waals surface area contributed by atoms with Crippen LogP contribution in [0.1, 0.15) is 29.5 Å². The summed E-state index contributed by atoms with van der Waals surface area (Å²) in [6.07, 6.45) is -4.67. The van der Waals surface area contributed by atoms with E-state index in [1.54, 1.807) is 12.1 Å². The molecule has 1 aliphatic rings. The van der Waals surface area contributed by atoms with Gasteiger partial charge in [-0.2, -0.15) is 13.2 Å². The van der Waals surface area contributed by atoms with Gasteiger partial charge in [-0.25, -0.2) is 14.0 Å². The Bertz CT molecular complexity index is 1160. The van der Waals surface area contributed by atoms with Crippen LogP contribution in [0.3, 0.4) is 0 Å². The predicted octanol–water partition coefficient (Wildman–Crippen LogP) is 6.11. The number of nitrogens with one attached hydrogen (secondary N) is 1. The first-order chi connectivity index (χ1) is 15.1. The number of methoxy groups -OCH3 is 1. The third kappa shape index (κ3) is 4.70.